The number of rotatable bonds is 4. The first-order valence-electron chi connectivity index (χ1n) is 10.5. The number of carbonyl (C=O) groups excluding carboxylic acids is 1. The maximum Gasteiger partial charge on any atom is 0.265 e. The molecule has 1 aromatic carbocycles. The summed E-state index contributed by atoms with van der Waals surface area (Å²) in [6.45, 7) is 2.42. The van der Waals surface area contributed by atoms with Gasteiger partial charge >= 0.3 is 0 Å². The van der Waals surface area contributed by atoms with Crippen molar-refractivity contribution < 1.29 is 4.79 Å². The van der Waals surface area contributed by atoms with Crippen LogP contribution in [0, 0.1) is 6.92 Å². The van der Waals surface area contributed by atoms with E-state index < -0.39 is 0 Å². The Morgan fingerprint density at radius 3 is 2.55 bits per heavy atom. The van der Waals surface area contributed by atoms with Crippen molar-refractivity contribution in [3.8, 4) is 0 Å². The monoisotopic (exact) mass is 389 g/mol. The second-order valence-electron chi connectivity index (χ2n) is 8.01. The van der Waals surface area contributed by atoms with Crippen molar-refractivity contribution in [1.82, 2.24) is 14.9 Å². The molecule has 3 aromatic rings. The van der Waals surface area contributed by atoms with Gasteiger partial charge in [-0.15, -0.1) is 0 Å². The first-order valence-corrected chi connectivity index (χ1v) is 10.5. The Kier molecular flexibility index (Phi) is 5.74. The summed E-state index contributed by atoms with van der Waals surface area (Å²) in [6.07, 6.45) is 8.35. The van der Waals surface area contributed by atoms with Gasteiger partial charge in [0, 0.05) is 17.6 Å². The Bertz CT molecular complexity index is 1060. The van der Waals surface area contributed by atoms with E-state index in [9.17, 15) is 9.59 Å². The zero-order chi connectivity index (χ0) is 20.2. The number of carbonyl (C=O) groups is 1. The van der Waals surface area contributed by atoms with Crippen molar-refractivity contribution in [3.63, 3.8) is 0 Å². The zero-order valence-electron chi connectivity index (χ0n) is 16.9. The molecule has 2 heterocycles. The molecule has 0 aliphatic heterocycles. The Morgan fingerprint density at radius 2 is 1.83 bits per heavy atom. The first kappa shape index (κ1) is 19.4. The van der Waals surface area contributed by atoms with Crippen LogP contribution in [0.15, 0.2) is 53.5 Å². The number of aromatic nitrogens is 2. The molecular weight excluding hydrogens is 362 g/mol. The molecule has 1 saturated carbocycles. The third-order valence-corrected chi connectivity index (χ3v) is 5.74. The van der Waals surface area contributed by atoms with Crippen LogP contribution in [0.3, 0.4) is 0 Å². The molecule has 4 rings (SSSR count). The van der Waals surface area contributed by atoms with E-state index in [0.717, 1.165) is 36.6 Å². The topological polar surface area (TPSA) is 64.0 Å². The molecule has 1 aliphatic carbocycles. The van der Waals surface area contributed by atoms with E-state index in [4.69, 9.17) is 0 Å². The van der Waals surface area contributed by atoms with Gasteiger partial charge in [-0.05, 0) is 43.5 Å². The molecule has 150 valence electrons. The maximum atomic E-state index is 13.3. The quantitative estimate of drug-likeness (QED) is 0.680. The van der Waals surface area contributed by atoms with Crippen molar-refractivity contribution in [2.75, 3.05) is 0 Å². The lowest BCUT2D eigenvalue weighted by Gasteiger charge is -2.17. The van der Waals surface area contributed by atoms with E-state index in [1.807, 2.05) is 43.3 Å². The molecule has 1 fully saturated rings. The zero-order valence-corrected chi connectivity index (χ0v) is 16.9. The van der Waals surface area contributed by atoms with Crippen molar-refractivity contribution >= 4 is 16.9 Å². The fraction of sp³-hybridized carbons (Fsp3) is 0.375. The summed E-state index contributed by atoms with van der Waals surface area (Å²) in [5.74, 6) is -0.273. The lowest BCUT2D eigenvalue weighted by atomic mass is 10.1. The van der Waals surface area contributed by atoms with Gasteiger partial charge in [-0.25, -0.2) is 4.98 Å². The van der Waals surface area contributed by atoms with E-state index in [-0.39, 0.29) is 23.1 Å². The van der Waals surface area contributed by atoms with E-state index >= 15 is 0 Å². The number of nitrogens with one attached hydrogen (secondary N) is 1. The highest BCUT2D eigenvalue weighted by Crippen LogP contribution is 2.18. The molecule has 0 unspecified atom stereocenters. The summed E-state index contributed by atoms with van der Waals surface area (Å²) in [5.41, 5.74) is 2.68. The number of pyridine rings is 2. The Balaban J connectivity index is 1.70. The molecule has 5 heteroatoms. The summed E-state index contributed by atoms with van der Waals surface area (Å²) in [5, 5.41) is 3.90. The van der Waals surface area contributed by atoms with Crippen LogP contribution in [0.25, 0.3) is 11.0 Å². The highest BCUT2D eigenvalue weighted by molar-refractivity contribution is 5.97. The van der Waals surface area contributed by atoms with Gasteiger partial charge in [0.2, 0.25) is 0 Å². The molecule has 0 atom stereocenters. The predicted octanol–water partition coefficient (Wildman–Crippen LogP) is 4.21. The molecule has 0 saturated heterocycles. The van der Waals surface area contributed by atoms with Crippen molar-refractivity contribution in [1.29, 1.82) is 0 Å². The number of hydrogen-bond acceptors (Lipinski definition) is 3. The third-order valence-electron chi connectivity index (χ3n) is 5.74. The lowest BCUT2D eigenvalue weighted by Crippen LogP contribution is -2.39. The molecule has 1 amide bonds. The van der Waals surface area contributed by atoms with E-state index in [0.29, 0.717) is 12.2 Å². The van der Waals surface area contributed by atoms with Crippen LogP contribution < -0.4 is 10.9 Å². The van der Waals surface area contributed by atoms with Crippen LogP contribution in [0.4, 0.5) is 0 Å². The second kappa shape index (κ2) is 8.60. The molecule has 0 spiro atoms. The van der Waals surface area contributed by atoms with E-state index in [1.165, 1.54) is 18.4 Å². The largest absolute Gasteiger partial charge is 0.349 e. The minimum absolute atomic E-state index is 0.152. The molecule has 1 N–H and O–H groups in total. The number of fused-ring (bicyclic) bond motifs is 1. The smallest absolute Gasteiger partial charge is 0.265 e. The number of amides is 1. The van der Waals surface area contributed by atoms with Crippen LogP contribution in [0.1, 0.15) is 60.0 Å². The number of aryl methyl sites for hydroxylation is 1. The minimum Gasteiger partial charge on any atom is -0.349 e. The SMILES string of the molecule is Cc1ccc(Cn2c(=O)c(C(=O)NC3CCCCCC3)cc3cccnc32)cc1. The minimum atomic E-state index is -0.289. The molecule has 5 nitrogen and oxygen atoms in total. The van der Waals surface area contributed by atoms with Crippen LogP contribution in [0.5, 0.6) is 0 Å². The normalized spacial score (nSPS) is 15.2. The highest BCUT2D eigenvalue weighted by atomic mass is 16.2. The Hall–Kier alpha value is -2.95. The number of nitrogens with zero attached hydrogens (tertiary/aromatic N) is 2. The lowest BCUT2D eigenvalue weighted by molar-refractivity contribution is 0.0931. The van der Waals surface area contributed by atoms with Gasteiger partial charge in [-0.1, -0.05) is 55.5 Å². The summed E-state index contributed by atoms with van der Waals surface area (Å²) >= 11 is 0. The van der Waals surface area contributed by atoms with Crippen LogP contribution in [-0.4, -0.2) is 21.5 Å². The summed E-state index contributed by atoms with van der Waals surface area (Å²) in [7, 11) is 0. The summed E-state index contributed by atoms with van der Waals surface area (Å²) in [4.78, 5) is 30.7. The molecular formula is C24H27N3O2. The average molecular weight is 389 g/mol. The fourth-order valence-electron chi connectivity index (χ4n) is 4.08. The van der Waals surface area contributed by atoms with Crippen LogP contribution >= 0.6 is 0 Å². The van der Waals surface area contributed by atoms with Crippen molar-refractivity contribution in [2.45, 2.75) is 58.0 Å². The fourth-order valence-corrected chi connectivity index (χ4v) is 4.08. The molecule has 2 aromatic heterocycles. The standard InChI is InChI=1S/C24H27N3O2/c1-17-10-12-18(13-11-17)16-27-22-19(7-6-14-25-22)15-21(24(27)29)23(28)26-20-8-4-2-3-5-9-20/h6-7,10-15,20H,2-5,8-9,16H2,1H3,(H,26,28). The maximum absolute atomic E-state index is 13.3. The van der Waals surface area contributed by atoms with Gasteiger partial charge in [0.15, 0.2) is 0 Å². The molecule has 0 bridgehead atoms. The first-order chi connectivity index (χ1) is 14.1. The average Bonchev–Trinajstić information content (AvgIpc) is 3.00. The van der Waals surface area contributed by atoms with Gasteiger partial charge in [0.05, 0.1) is 6.54 Å². The predicted molar refractivity (Wildman–Crippen MR) is 115 cm³/mol. The molecule has 29 heavy (non-hydrogen) atoms. The summed E-state index contributed by atoms with van der Waals surface area (Å²) < 4.78 is 1.61. The van der Waals surface area contributed by atoms with Crippen molar-refractivity contribution in [3.05, 3.63) is 75.7 Å². The van der Waals surface area contributed by atoms with Gasteiger partial charge in [-0.2, -0.15) is 0 Å². The van der Waals surface area contributed by atoms with Crippen LogP contribution in [0.2, 0.25) is 0 Å². The Morgan fingerprint density at radius 1 is 1.10 bits per heavy atom. The van der Waals surface area contributed by atoms with Gasteiger partial charge in [0.1, 0.15) is 11.2 Å². The molecule has 1 aliphatic rings. The van der Waals surface area contributed by atoms with Gasteiger partial charge < -0.3 is 5.32 Å². The van der Waals surface area contributed by atoms with Gasteiger partial charge in [0.25, 0.3) is 11.5 Å². The third kappa shape index (κ3) is 4.39. The van der Waals surface area contributed by atoms with E-state index in [2.05, 4.69) is 10.3 Å². The van der Waals surface area contributed by atoms with Gasteiger partial charge in [-0.3, -0.25) is 14.2 Å². The second-order valence-corrected chi connectivity index (χ2v) is 8.01. The summed E-state index contributed by atoms with van der Waals surface area (Å²) in [6, 6.07) is 13.6. The van der Waals surface area contributed by atoms with Crippen LogP contribution in [-0.2, 0) is 6.54 Å². The number of benzene rings is 1. The molecule has 0 radical (unpaired) electrons. The Labute approximate surface area is 170 Å². The van der Waals surface area contributed by atoms with E-state index in [1.54, 1.807) is 16.8 Å². The number of hydrogen-bond donors (Lipinski definition) is 1. The van der Waals surface area contributed by atoms with Crippen molar-refractivity contribution in [2.24, 2.45) is 0 Å². The highest BCUT2D eigenvalue weighted by Gasteiger charge is 2.20.